The topological polar surface area (TPSA) is 106 Å². The highest BCUT2D eigenvalue weighted by molar-refractivity contribution is 6.30. The van der Waals surface area contributed by atoms with Crippen molar-refractivity contribution in [3.05, 3.63) is 95.1 Å². The monoisotopic (exact) mass is 490 g/mol. The lowest BCUT2D eigenvalue weighted by Gasteiger charge is -2.14. The lowest BCUT2D eigenvalue weighted by atomic mass is 10.1. The summed E-state index contributed by atoms with van der Waals surface area (Å²) in [6, 6.07) is 17.4. The van der Waals surface area contributed by atoms with Crippen molar-refractivity contribution in [3.8, 4) is 17.2 Å². The number of carbonyl (C=O) groups is 2. The minimum atomic E-state index is -0.733. The summed E-state index contributed by atoms with van der Waals surface area (Å²) in [6.07, 6.45) is 2.36. The van der Waals surface area contributed by atoms with Crippen LogP contribution in [0.1, 0.15) is 28.7 Å². The molecule has 0 bridgehead atoms. The van der Waals surface area contributed by atoms with Crippen molar-refractivity contribution < 1.29 is 18.7 Å². The molecule has 2 heterocycles. The van der Waals surface area contributed by atoms with Gasteiger partial charge in [-0.05, 0) is 56.3 Å². The maximum Gasteiger partial charge on any atom is 0.261 e. The minimum absolute atomic E-state index is 0.154. The Labute approximate surface area is 207 Å². The fraction of sp³-hybridized carbons (Fsp3) is 0.154. The van der Waals surface area contributed by atoms with Crippen molar-refractivity contribution >= 4 is 29.1 Å². The third-order valence-electron chi connectivity index (χ3n) is 5.13. The van der Waals surface area contributed by atoms with Crippen LogP contribution in [0.2, 0.25) is 5.02 Å². The standard InChI is InChI=1S/C26H23ClN4O4/c1-16-23(15-29-24(32)17(2)34-20-9-5-8-19(27)13-20)31-26(35-16)21-10-3-4-11-22(21)30-25(33)18-7-6-12-28-14-18/h3-14,17H,15H2,1-2H3,(H,29,32)(H,30,33). The molecule has 178 valence electrons. The van der Waals surface area contributed by atoms with Crippen molar-refractivity contribution in [2.75, 3.05) is 5.32 Å². The van der Waals surface area contributed by atoms with Gasteiger partial charge in [0.05, 0.1) is 23.4 Å². The molecular weight excluding hydrogens is 468 g/mol. The van der Waals surface area contributed by atoms with Gasteiger partial charge in [-0.2, -0.15) is 0 Å². The number of aryl methyl sites for hydroxylation is 1. The Morgan fingerprint density at radius 3 is 2.71 bits per heavy atom. The molecular formula is C26H23ClN4O4. The van der Waals surface area contributed by atoms with Gasteiger partial charge in [-0.15, -0.1) is 0 Å². The lowest BCUT2D eigenvalue weighted by Crippen LogP contribution is -2.36. The molecule has 0 aliphatic rings. The molecule has 0 spiro atoms. The molecule has 2 aromatic carbocycles. The third-order valence-corrected chi connectivity index (χ3v) is 5.37. The van der Waals surface area contributed by atoms with Crippen molar-refractivity contribution in [1.29, 1.82) is 0 Å². The van der Waals surface area contributed by atoms with Gasteiger partial charge in [0, 0.05) is 17.4 Å². The molecule has 0 radical (unpaired) electrons. The fourth-order valence-electron chi connectivity index (χ4n) is 3.29. The van der Waals surface area contributed by atoms with Gasteiger partial charge in [0.25, 0.3) is 11.8 Å². The molecule has 0 aliphatic heterocycles. The summed E-state index contributed by atoms with van der Waals surface area (Å²) in [6.45, 7) is 3.57. The van der Waals surface area contributed by atoms with Gasteiger partial charge >= 0.3 is 0 Å². The number of nitrogens with one attached hydrogen (secondary N) is 2. The van der Waals surface area contributed by atoms with Crippen LogP contribution in [0.5, 0.6) is 5.75 Å². The number of hydrogen-bond donors (Lipinski definition) is 2. The summed E-state index contributed by atoms with van der Waals surface area (Å²) in [4.78, 5) is 33.6. The van der Waals surface area contributed by atoms with Gasteiger partial charge in [-0.25, -0.2) is 4.98 Å². The number of hydrogen-bond acceptors (Lipinski definition) is 6. The molecule has 2 N–H and O–H groups in total. The number of pyridine rings is 1. The molecule has 1 unspecified atom stereocenters. The van der Waals surface area contributed by atoms with Crippen molar-refractivity contribution in [2.24, 2.45) is 0 Å². The van der Waals surface area contributed by atoms with Crippen LogP contribution in [0.3, 0.4) is 0 Å². The van der Waals surface area contributed by atoms with Crippen LogP contribution < -0.4 is 15.4 Å². The van der Waals surface area contributed by atoms with E-state index in [1.54, 1.807) is 74.6 Å². The first-order valence-electron chi connectivity index (χ1n) is 10.9. The average molecular weight is 491 g/mol. The average Bonchev–Trinajstić information content (AvgIpc) is 3.23. The minimum Gasteiger partial charge on any atom is -0.481 e. The van der Waals surface area contributed by atoms with Crippen LogP contribution in [0, 0.1) is 6.92 Å². The molecule has 35 heavy (non-hydrogen) atoms. The van der Waals surface area contributed by atoms with Crippen LogP contribution in [-0.4, -0.2) is 27.9 Å². The molecule has 2 aromatic heterocycles. The Hall–Kier alpha value is -4.17. The lowest BCUT2D eigenvalue weighted by molar-refractivity contribution is -0.127. The van der Waals surface area contributed by atoms with E-state index in [9.17, 15) is 9.59 Å². The second kappa shape index (κ2) is 10.8. The summed E-state index contributed by atoms with van der Waals surface area (Å²) in [5.41, 5.74) is 2.16. The predicted octanol–water partition coefficient (Wildman–Crippen LogP) is 5.03. The second-order valence-electron chi connectivity index (χ2n) is 7.70. The van der Waals surface area contributed by atoms with E-state index in [1.807, 2.05) is 6.07 Å². The van der Waals surface area contributed by atoms with Gasteiger partial charge < -0.3 is 19.8 Å². The summed E-state index contributed by atoms with van der Waals surface area (Å²) in [7, 11) is 0. The SMILES string of the molecule is Cc1oc(-c2ccccc2NC(=O)c2cccnc2)nc1CNC(=O)C(C)Oc1cccc(Cl)c1. The predicted molar refractivity (Wildman–Crippen MR) is 132 cm³/mol. The number of oxazole rings is 1. The molecule has 9 heteroatoms. The van der Waals surface area contributed by atoms with E-state index in [-0.39, 0.29) is 18.4 Å². The van der Waals surface area contributed by atoms with E-state index < -0.39 is 6.10 Å². The normalized spacial score (nSPS) is 11.5. The number of para-hydroxylation sites is 1. The van der Waals surface area contributed by atoms with Crippen molar-refractivity contribution in [3.63, 3.8) is 0 Å². The molecule has 0 fully saturated rings. The Morgan fingerprint density at radius 1 is 1.11 bits per heavy atom. The molecule has 0 saturated heterocycles. The van der Waals surface area contributed by atoms with Crippen molar-refractivity contribution in [2.45, 2.75) is 26.5 Å². The first-order valence-corrected chi connectivity index (χ1v) is 11.3. The van der Waals surface area contributed by atoms with E-state index in [2.05, 4.69) is 20.6 Å². The molecule has 1 atom stereocenters. The van der Waals surface area contributed by atoms with E-state index in [4.69, 9.17) is 20.8 Å². The van der Waals surface area contributed by atoms with Crippen LogP contribution in [0.4, 0.5) is 5.69 Å². The molecule has 0 saturated carbocycles. The zero-order chi connectivity index (χ0) is 24.8. The third kappa shape index (κ3) is 6.04. The molecule has 4 aromatic rings. The molecule has 2 amide bonds. The van der Waals surface area contributed by atoms with E-state index in [0.717, 1.165) is 0 Å². The number of nitrogens with zero attached hydrogens (tertiary/aromatic N) is 2. The summed E-state index contributed by atoms with van der Waals surface area (Å²) < 4.78 is 11.5. The first-order chi connectivity index (χ1) is 16.9. The smallest absolute Gasteiger partial charge is 0.261 e. The van der Waals surface area contributed by atoms with E-state index >= 15 is 0 Å². The van der Waals surface area contributed by atoms with Gasteiger partial charge in [0.1, 0.15) is 17.2 Å². The quantitative estimate of drug-likeness (QED) is 0.358. The Kier molecular flexibility index (Phi) is 7.42. The summed E-state index contributed by atoms with van der Waals surface area (Å²) in [5.74, 6) is 0.784. The number of ether oxygens (including phenoxy) is 1. The zero-order valence-corrected chi connectivity index (χ0v) is 19.9. The van der Waals surface area contributed by atoms with Crippen LogP contribution in [0.25, 0.3) is 11.5 Å². The number of carbonyl (C=O) groups excluding carboxylic acids is 2. The van der Waals surface area contributed by atoms with E-state index in [1.165, 1.54) is 6.20 Å². The highest BCUT2D eigenvalue weighted by Gasteiger charge is 2.19. The Bertz CT molecular complexity index is 1340. The largest absolute Gasteiger partial charge is 0.481 e. The van der Waals surface area contributed by atoms with Crippen LogP contribution >= 0.6 is 11.6 Å². The fourth-order valence-corrected chi connectivity index (χ4v) is 3.47. The van der Waals surface area contributed by atoms with Crippen LogP contribution in [-0.2, 0) is 11.3 Å². The number of halogens is 1. The Balaban J connectivity index is 1.43. The summed E-state index contributed by atoms with van der Waals surface area (Å²) >= 11 is 5.96. The highest BCUT2D eigenvalue weighted by Crippen LogP contribution is 2.29. The number of amides is 2. The van der Waals surface area contributed by atoms with Gasteiger partial charge in [-0.1, -0.05) is 29.8 Å². The van der Waals surface area contributed by atoms with Crippen molar-refractivity contribution in [1.82, 2.24) is 15.3 Å². The van der Waals surface area contributed by atoms with Gasteiger partial charge in [-0.3, -0.25) is 14.6 Å². The molecule has 4 rings (SSSR count). The Morgan fingerprint density at radius 2 is 1.94 bits per heavy atom. The van der Waals surface area contributed by atoms with E-state index in [0.29, 0.717) is 44.9 Å². The van der Waals surface area contributed by atoms with Crippen LogP contribution in [0.15, 0.2) is 77.5 Å². The molecule has 0 aliphatic carbocycles. The number of rotatable bonds is 8. The van der Waals surface area contributed by atoms with Gasteiger partial charge in [0.2, 0.25) is 5.89 Å². The summed E-state index contributed by atoms with van der Waals surface area (Å²) in [5, 5.41) is 6.21. The zero-order valence-electron chi connectivity index (χ0n) is 19.1. The molecule has 8 nitrogen and oxygen atoms in total. The number of anilines is 1. The number of benzene rings is 2. The first kappa shape index (κ1) is 24.0. The van der Waals surface area contributed by atoms with Gasteiger partial charge in [0.15, 0.2) is 6.10 Å². The maximum atomic E-state index is 12.6. The second-order valence-corrected chi connectivity index (χ2v) is 8.14. The highest BCUT2D eigenvalue weighted by atomic mass is 35.5. The maximum absolute atomic E-state index is 12.6. The number of aromatic nitrogens is 2.